The maximum atomic E-state index is 12.2. The Balaban J connectivity index is 1.94. The molecule has 3 aromatic rings. The van der Waals surface area contributed by atoms with Gasteiger partial charge < -0.3 is 19.1 Å². The van der Waals surface area contributed by atoms with Crippen LogP contribution >= 0.6 is 0 Å². The quantitative estimate of drug-likeness (QED) is 0.464. The molecule has 0 N–H and O–H groups in total. The van der Waals surface area contributed by atoms with Crippen LogP contribution in [-0.2, 0) is 17.8 Å². The molecule has 0 bridgehead atoms. The predicted molar refractivity (Wildman–Crippen MR) is 118 cm³/mol. The molecule has 3 rings (SSSR count). The molecule has 0 amide bonds. The van der Waals surface area contributed by atoms with E-state index in [0.29, 0.717) is 25.3 Å². The topological polar surface area (TPSA) is 48.0 Å². The van der Waals surface area contributed by atoms with Gasteiger partial charge in [0.15, 0.2) is 0 Å². The Morgan fingerprint density at radius 2 is 1.37 bits per heavy atom. The zero-order chi connectivity index (χ0) is 21.3. The van der Waals surface area contributed by atoms with Crippen LogP contribution in [0.4, 0.5) is 5.69 Å². The van der Waals surface area contributed by atoms with E-state index in [0.717, 1.165) is 28.3 Å². The summed E-state index contributed by atoms with van der Waals surface area (Å²) in [6.07, 6.45) is 0. The summed E-state index contributed by atoms with van der Waals surface area (Å²) in [5.41, 5.74) is 3.69. The molecule has 0 heterocycles. The summed E-state index contributed by atoms with van der Waals surface area (Å²) in [7, 11) is 3.33. The Hall–Kier alpha value is -3.47. The van der Waals surface area contributed by atoms with E-state index in [1.54, 1.807) is 27.2 Å². The minimum atomic E-state index is -0.318. The molecule has 0 fully saturated rings. The SMILES string of the molecule is CCOC(=O)c1cccc(N(Cc2cccc(OC)c2)Cc2cccc(OC)c2)c1. The molecule has 156 valence electrons. The van der Waals surface area contributed by atoms with Gasteiger partial charge in [0.1, 0.15) is 11.5 Å². The zero-order valence-electron chi connectivity index (χ0n) is 17.6. The summed E-state index contributed by atoms with van der Waals surface area (Å²) >= 11 is 0. The lowest BCUT2D eigenvalue weighted by Gasteiger charge is -2.26. The van der Waals surface area contributed by atoms with Crippen molar-refractivity contribution >= 4 is 11.7 Å². The molecule has 0 saturated carbocycles. The number of ether oxygens (including phenoxy) is 3. The molecule has 3 aromatic carbocycles. The summed E-state index contributed by atoms with van der Waals surface area (Å²) in [5, 5.41) is 0. The fraction of sp³-hybridized carbons (Fsp3) is 0.240. The van der Waals surface area contributed by atoms with E-state index in [1.165, 1.54) is 0 Å². The van der Waals surface area contributed by atoms with Crippen LogP contribution in [0.15, 0.2) is 72.8 Å². The molecular weight excluding hydrogens is 378 g/mol. The molecule has 5 heteroatoms. The van der Waals surface area contributed by atoms with Gasteiger partial charge >= 0.3 is 5.97 Å². The maximum absolute atomic E-state index is 12.2. The van der Waals surface area contributed by atoms with Crippen molar-refractivity contribution in [3.8, 4) is 11.5 Å². The van der Waals surface area contributed by atoms with Crippen LogP contribution in [0.3, 0.4) is 0 Å². The highest BCUT2D eigenvalue weighted by molar-refractivity contribution is 5.90. The third-order valence-corrected chi connectivity index (χ3v) is 4.74. The van der Waals surface area contributed by atoms with Crippen molar-refractivity contribution in [3.63, 3.8) is 0 Å². The summed E-state index contributed by atoms with van der Waals surface area (Å²) in [5.74, 6) is 1.31. The summed E-state index contributed by atoms with van der Waals surface area (Å²) < 4.78 is 15.9. The number of anilines is 1. The van der Waals surface area contributed by atoms with Crippen molar-refractivity contribution in [2.24, 2.45) is 0 Å². The number of nitrogens with zero attached hydrogens (tertiary/aromatic N) is 1. The molecule has 0 aliphatic carbocycles. The normalized spacial score (nSPS) is 10.4. The number of esters is 1. The molecule has 0 atom stereocenters. The number of carbonyl (C=O) groups is 1. The first-order valence-electron chi connectivity index (χ1n) is 9.91. The summed E-state index contributed by atoms with van der Waals surface area (Å²) in [6.45, 7) is 3.46. The maximum Gasteiger partial charge on any atom is 0.338 e. The van der Waals surface area contributed by atoms with Crippen molar-refractivity contribution < 1.29 is 19.0 Å². The highest BCUT2D eigenvalue weighted by Crippen LogP contribution is 2.24. The lowest BCUT2D eigenvalue weighted by molar-refractivity contribution is 0.0526. The first-order valence-corrected chi connectivity index (χ1v) is 9.91. The monoisotopic (exact) mass is 405 g/mol. The number of hydrogen-bond acceptors (Lipinski definition) is 5. The highest BCUT2D eigenvalue weighted by Gasteiger charge is 2.13. The van der Waals surface area contributed by atoms with Crippen LogP contribution in [-0.4, -0.2) is 26.8 Å². The number of carbonyl (C=O) groups excluding carboxylic acids is 1. The second-order valence-electron chi connectivity index (χ2n) is 6.83. The average molecular weight is 405 g/mol. The smallest absolute Gasteiger partial charge is 0.338 e. The Kier molecular flexibility index (Phi) is 7.33. The van der Waals surface area contributed by atoms with Crippen LogP contribution in [0.5, 0.6) is 11.5 Å². The fourth-order valence-electron chi connectivity index (χ4n) is 3.26. The van der Waals surface area contributed by atoms with E-state index >= 15 is 0 Å². The number of benzene rings is 3. The minimum absolute atomic E-state index is 0.318. The molecule has 5 nitrogen and oxygen atoms in total. The Labute approximate surface area is 177 Å². The molecular formula is C25H27NO4. The van der Waals surface area contributed by atoms with Crippen LogP contribution < -0.4 is 14.4 Å². The number of methoxy groups -OCH3 is 2. The van der Waals surface area contributed by atoms with Gasteiger partial charge in [-0.25, -0.2) is 4.79 Å². The summed E-state index contributed by atoms with van der Waals surface area (Å²) in [4.78, 5) is 14.4. The lowest BCUT2D eigenvalue weighted by Crippen LogP contribution is -2.22. The molecule has 0 aliphatic heterocycles. The van der Waals surface area contributed by atoms with Gasteiger partial charge in [0.2, 0.25) is 0 Å². The predicted octanol–water partition coefficient (Wildman–Crippen LogP) is 5.09. The lowest BCUT2D eigenvalue weighted by atomic mass is 10.1. The third kappa shape index (κ3) is 5.54. The molecule has 0 aliphatic rings. The van der Waals surface area contributed by atoms with Crippen LogP contribution in [0.1, 0.15) is 28.4 Å². The van der Waals surface area contributed by atoms with E-state index in [1.807, 2.05) is 54.6 Å². The van der Waals surface area contributed by atoms with Gasteiger partial charge in [-0.15, -0.1) is 0 Å². The highest BCUT2D eigenvalue weighted by atomic mass is 16.5. The van der Waals surface area contributed by atoms with Gasteiger partial charge in [-0.3, -0.25) is 0 Å². The van der Waals surface area contributed by atoms with E-state index in [-0.39, 0.29) is 5.97 Å². The number of hydrogen-bond donors (Lipinski definition) is 0. The molecule has 0 unspecified atom stereocenters. The second-order valence-corrected chi connectivity index (χ2v) is 6.83. The molecule has 0 spiro atoms. The fourth-order valence-corrected chi connectivity index (χ4v) is 3.26. The van der Waals surface area contributed by atoms with E-state index < -0.39 is 0 Å². The van der Waals surface area contributed by atoms with E-state index in [4.69, 9.17) is 14.2 Å². The Morgan fingerprint density at radius 3 is 1.90 bits per heavy atom. The van der Waals surface area contributed by atoms with Crippen molar-refractivity contribution in [2.75, 3.05) is 25.7 Å². The van der Waals surface area contributed by atoms with E-state index in [2.05, 4.69) is 17.0 Å². The largest absolute Gasteiger partial charge is 0.497 e. The molecule has 0 radical (unpaired) electrons. The van der Waals surface area contributed by atoms with Crippen molar-refractivity contribution in [2.45, 2.75) is 20.0 Å². The van der Waals surface area contributed by atoms with E-state index in [9.17, 15) is 4.79 Å². The van der Waals surface area contributed by atoms with Gasteiger partial charge in [-0.2, -0.15) is 0 Å². The van der Waals surface area contributed by atoms with Gasteiger partial charge in [0, 0.05) is 18.8 Å². The first-order chi connectivity index (χ1) is 14.6. The van der Waals surface area contributed by atoms with Crippen molar-refractivity contribution in [1.29, 1.82) is 0 Å². The van der Waals surface area contributed by atoms with Crippen LogP contribution in [0.25, 0.3) is 0 Å². The van der Waals surface area contributed by atoms with Gasteiger partial charge in [-0.05, 0) is 60.5 Å². The Bertz CT molecular complexity index is 937. The average Bonchev–Trinajstić information content (AvgIpc) is 2.79. The second kappa shape index (κ2) is 10.3. The van der Waals surface area contributed by atoms with Crippen molar-refractivity contribution in [3.05, 3.63) is 89.5 Å². The third-order valence-electron chi connectivity index (χ3n) is 4.74. The molecule has 30 heavy (non-hydrogen) atoms. The standard InChI is InChI=1S/C25H27NO4/c1-4-30-25(27)21-10-7-11-22(16-21)26(17-19-8-5-12-23(14-19)28-2)18-20-9-6-13-24(15-20)29-3/h5-16H,4,17-18H2,1-3H3. The van der Waals surface area contributed by atoms with Crippen molar-refractivity contribution in [1.82, 2.24) is 0 Å². The molecule has 0 aromatic heterocycles. The molecule has 0 saturated heterocycles. The van der Waals surface area contributed by atoms with Gasteiger partial charge in [0.25, 0.3) is 0 Å². The van der Waals surface area contributed by atoms with Gasteiger partial charge in [-0.1, -0.05) is 30.3 Å². The van der Waals surface area contributed by atoms with Crippen LogP contribution in [0.2, 0.25) is 0 Å². The first kappa shape index (κ1) is 21.2. The van der Waals surface area contributed by atoms with Crippen LogP contribution in [0, 0.1) is 0 Å². The minimum Gasteiger partial charge on any atom is -0.497 e. The van der Waals surface area contributed by atoms with Gasteiger partial charge in [0.05, 0.1) is 26.4 Å². The zero-order valence-corrected chi connectivity index (χ0v) is 17.6. The Morgan fingerprint density at radius 1 is 0.800 bits per heavy atom. The number of rotatable bonds is 9. The summed E-state index contributed by atoms with van der Waals surface area (Å²) in [6, 6.07) is 23.5.